The van der Waals surface area contributed by atoms with Gasteiger partial charge in [-0.15, -0.1) is 11.3 Å². The molecule has 0 radical (unpaired) electrons. The molecule has 2 heterocycles. The minimum atomic E-state index is -0.992. The van der Waals surface area contributed by atoms with Gasteiger partial charge in [0.2, 0.25) is 11.7 Å². The zero-order valence-corrected chi connectivity index (χ0v) is 21.0. The van der Waals surface area contributed by atoms with E-state index >= 15 is 0 Å². The van der Waals surface area contributed by atoms with E-state index in [0.717, 1.165) is 10.3 Å². The van der Waals surface area contributed by atoms with E-state index in [4.69, 9.17) is 5.73 Å². The first kappa shape index (κ1) is 25.5. The fraction of sp³-hybridized carbons (Fsp3) is 0.346. The molecule has 0 spiro atoms. The van der Waals surface area contributed by atoms with Crippen molar-refractivity contribution in [1.82, 2.24) is 20.5 Å². The number of rotatable bonds is 8. The second-order valence-electron chi connectivity index (χ2n) is 8.86. The third-order valence-electron chi connectivity index (χ3n) is 6.27. The highest BCUT2D eigenvalue weighted by Gasteiger charge is 2.38. The van der Waals surface area contributed by atoms with Crippen molar-refractivity contribution in [2.75, 3.05) is 6.54 Å². The van der Waals surface area contributed by atoms with Gasteiger partial charge in [-0.3, -0.25) is 14.4 Å². The molecule has 1 aliphatic heterocycles. The summed E-state index contributed by atoms with van der Waals surface area (Å²) in [5.74, 6) is -0.884. The Morgan fingerprint density at radius 1 is 1.11 bits per heavy atom. The van der Waals surface area contributed by atoms with Crippen LogP contribution < -0.4 is 16.4 Å². The van der Waals surface area contributed by atoms with Crippen LogP contribution in [0.1, 0.15) is 53.7 Å². The Kier molecular flexibility index (Phi) is 7.76. The van der Waals surface area contributed by atoms with Gasteiger partial charge in [0.05, 0.1) is 22.3 Å². The monoisotopic (exact) mass is 507 g/mol. The molecule has 10 heteroatoms. The molecule has 36 heavy (non-hydrogen) atoms. The highest BCUT2D eigenvalue weighted by molar-refractivity contribution is 7.20. The van der Waals surface area contributed by atoms with Crippen molar-refractivity contribution >= 4 is 45.1 Å². The van der Waals surface area contributed by atoms with E-state index < -0.39 is 24.2 Å². The van der Waals surface area contributed by atoms with Crippen LogP contribution in [0.25, 0.3) is 10.2 Å². The van der Waals surface area contributed by atoms with Crippen LogP contribution in [0.3, 0.4) is 0 Å². The van der Waals surface area contributed by atoms with E-state index in [1.807, 2.05) is 36.4 Å². The first-order valence-electron chi connectivity index (χ1n) is 11.8. The molecule has 0 saturated carbocycles. The lowest BCUT2D eigenvalue weighted by Crippen LogP contribution is -2.52. The molecular formula is C26H29N5O4S. The summed E-state index contributed by atoms with van der Waals surface area (Å²) in [7, 11) is 0. The number of ketones is 2. The van der Waals surface area contributed by atoms with Gasteiger partial charge in [0, 0.05) is 20.0 Å². The number of hydrogen-bond acceptors (Lipinski definition) is 7. The van der Waals surface area contributed by atoms with Crippen LogP contribution in [0.4, 0.5) is 4.79 Å². The second kappa shape index (κ2) is 11.0. The van der Waals surface area contributed by atoms with Gasteiger partial charge in [0.1, 0.15) is 6.04 Å². The van der Waals surface area contributed by atoms with Gasteiger partial charge in [-0.25, -0.2) is 9.78 Å². The first-order valence-corrected chi connectivity index (χ1v) is 12.7. The highest BCUT2D eigenvalue weighted by Crippen LogP contribution is 2.28. The molecule has 2 aromatic carbocycles. The Hall–Kier alpha value is -3.63. The first-order chi connectivity index (χ1) is 17.3. The van der Waals surface area contributed by atoms with Gasteiger partial charge in [-0.2, -0.15) is 0 Å². The van der Waals surface area contributed by atoms with Crippen molar-refractivity contribution in [2.24, 2.45) is 5.73 Å². The number of thiazole rings is 1. The van der Waals surface area contributed by atoms with Gasteiger partial charge in [-0.1, -0.05) is 36.4 Å². The predicted octanol–water partition coefficient (Wildman–Crippen LogP) is 2.95. The van der Waals surface area contributed by atoms with Crippen LogP contribution in [0, 0.1) is 0 Å². The van der Waals surface area contributed by atoms with Crippen molar-refractivity contribution in [3.05, 3.63) is 64.7 Å². The molecule has 4 rings (SSSR count). The minimum Gasteiger partial charge on any atom is -0.347 e. The number of hydrogen-bond donors (Lipinski definition) is 3. The topological polar surface area (TPSA) is 134 Å². The smallest absolute Gasteiger partial charge is 0.318 e. The summed E-state index contributed by atoms with van der Waals surface area (Å²) in [5, 5.41) is 5.73. The summed E-state index contributed by atoms with van der Waals surface area (Å²) in [5.41, 5.74) is 7.93. The number of amides is 3. The van der Waals surface area contributed by atoms with Gasteiger partial charge in [0.25, 0.3) is 0 Å². The molecule has 3 atom stereocenters. The number of urea groups is 1. The molecule has 188 valence electrons. The largest absolute Gasteiger partial charge is 0.347 e. The van der Waals surface area contributed by atoms with E-state index in [2.05, 4.69) is 15.6 Å². The number of nitrogens with one attached hydrogen (secondary N) is 2. The molecule has 1 aliphatic rings. The van der Waals surface area contributed by atoms with Crippen LogP contribution >= 0.6 is 11.3 Å². The van der Waals surface area contributed by atoms with E-state index in [1.54, 1.807) is 19.1 Å². The maximum absolute atomic E-state index is 13.6. The quantitative estimate of drug-likeness (QED) is 0.401. The van der Waals surface area contributed by atoms with Gasteiger partial charge >= 0.3 is 6.03 Å². The lowest BCUT2D eigenvalue weighted by atomic mass is 10.0. The maximum atomic E-state index is 13.6. The molecule has 2 unspecified atom stereocenters. The number of nitrogens with two attached hydrogens (primary N) is 1. The summed E-state index contributed by atoms with van der Waals surface area (Å²) in [6, 6.07) is 11.7. The molecular weight excluding hydrogens is 478 g/mol. The van der Waals surface area contributed by atoms with Gasteiger partial charge in [-0.05, 0) is 43.0 Å². The van der Waals surface area contributed by atoms with E-state index in [9.17, 15) is 19.2 Å². The van der Waals surface area contributed by atoms with E-state index in [1.165, 1.54) is 23.2 Å². The number of likely N-dealkylation sites (tertiary alicyclic amines) is 1. The second-order valence-corrected chi connectivity index (χ2v) is 9.89. The Labute approximate surface area is 213 Å². The highest BCUT2D eigenvalue weighted by atomic mass is 32.1. The third-order valence-corrected chi connectivity index (χ3v) is 7.32. The number of para-hydroxylation sites is 1. The third kappa shape index (κ3) is 5.44. The number of carbonyl (C=O) groups excluding carboxylic acids is 4. The van der Waals surface area contributed by atoms with Crippen LogP contribution in [0.2, 0.25) is 0 Å². The summed E-state index contributed by atoms with van der Waals surface area (Å²) >= 11 is 1.27. The number of fused-ring (bicyclic) bond motifs is 1. The molecule has 1 fully saturated rings. The Morgan fingerprint density at radius 2 is 1.83 bits per heavy atom. The van der Waals surface area contributed by atoms with Crippen LogP contribution in [0.5, 0.6) is 0 Å². The molecule has 0 bridgehead atoms. The summed E-state index contributed by atoms with van der Waals surface area (Å²) in [4.78, 5) is 57.3. The van der Waals surface area contributed by atoms with Crippen molar-refractivity contribution in [2.45, 2.75) is 51.4 Å². The van der Waals surface area contributed by atoms with Gasteiger partial charge < -0.3 is 21.3 Å². The fourth-order valence-corrected chi connectivity index (χ4v) is 5.36. The lowest BCUT2D eigenvalue weighted by molar-refractivity contribution is -0.128. The maximum Gasteiger partial charge on any atom is 0.318 e. The van der Waals surface area contributed by atoms with Crippen molar-refractivity contribution in [3.8, 4) is 0 Å². The lowest BCUT2D eigenvalue weighted by Gasteiger charge is -2.28. The van der Waals surface area contributed by atoms with Crippen LogP contribution in [-0.4, -0.2) is 52.0 Å². The average molecular weight is 508 g/mol. The zero-order chi connectivity index (χ0) is 25.8. The number of carbonyl (C=O) groups is 4. The van der Waals surface area contributed by atoms with Crippen LogP contribution in [-0.2, 0) is 16.1 Å². The molecule has 3 amide bonds. The molecule has 0 aliphatic carbocycles. The number of aromatic nitrogens is 1. The Morgan fingerprint density at radius 3 is 2.50 bits per heavy atom. The molecule has 4 N–H and O–H groups in total. The fourth-order valence-electron chi connectivity index (χ4n) is 4.42. The molecule has 3 aromatic rings. The number of nitrogens with zero attached hydrogens (tertiary/aromatic N) is 2. The molecule has 1 saturated heterocycles. The molecule has 1 aromatic heterocycles. The standard InChI is InChI=1S/C26H29N5O4S/c1-15(28-16(2)32)23(33)20-7-5-13-31(20)26(35)30-22(18-11-9-17(14-27)10-12-18)24(34)25-29-19-6-3-4-8-21(19)36-25/h3-4,6,8-12,15,20,22H,5,7,13-14,27H2,1-2H3,(H,28,32)(H,30,35)/t15-,20?,22?/m1/s1. The summed E-state index contributed by atoms with van der Waals surface area (Å²) < 4.78 is 0.876. The number of Topliss-reactive ketones (excluding diaryl/α,β-unsaturated/α-hetero) is 2. The van der Waals surface area contributed by atoms with Crippen molar-refractivity contribution in [1.29, 1.82) is 0 Å². The minimum absolute atomic E-state index is 0.237. The normalized spacial score (nSPS) is 17.0. The summed E-state index contributed by atoms with van der Waals surface area (Å²) in [6.45, 7) is 3.68. The molecule has 9 nitrogen and oxygen atoms in total. The van der Waals surface area contributed by atoms with E-state index in [0.29, 0.717) is 37.0 Å². The summed E-state index contributed by atoms with van der Waals surface area (Å²) in [6.07, 6.45) is 1.15. The van der Waals surface area contributed by atoms with Crippen molar-refractivity contribution < 1.29 is 19.2 Å². The Bertz CT molecular complexity index is 1260. The SMILES string of the molecule is CC(=O)N[C@H](C)C(=O)C1CCCN1C(=O)NC(C(=O)c1nc2ccccc2s1)c1ccc(CN)cc1. The number of benzene rings is 2. The van der Waals surface area contributed by atoms with Crippen molar-refractivity contribution in [3.63, 3.8) is 0 Å². The van der Waals surface area contributed by atoms with E-state index in [-0.39, 0.29) is 22.5 Å². The van der Waals surface area contributed by atoms with Gasteiger partial charge in [0.15, 0.2) is 10.8 Å². The Balaban J connectivity index is 1.60. The predicted molar refractivity (Wildman–Crippen MR) is 138 cm³/mol. The zero-order valence-electron chi connectivity index (χ0n) is 20.2. The average Bonchev–Trinajstić information content (AvgIpc) is 3.53. The van der Waals surface area contributed by atoms with Crippen LogP contribution in [0.15, 0.2) is 48.5 Å².